The zero-order valence-corrected chi connectivity index (χ0v) is 16.7. The standard InChI is InChI=1S/C17H20N4O3S.ClH/c1-11-10-12(19-24-11)16(22)21(9-8-20(2)3)17-18-15-13(23-4)6-5-7-14(15)25-17;/h5-7,10H,8-9H2,1-4H3;1H. The number of thiazole rings is 1. The molecule has 0 N–H and O–H groups in total. The average molecular weight is 397 g/mol. The number of amides is 1. The number of fused-ring (bicyclic) bond motifs is 1. The highest BCUT2D eigenvalue weighted by atomic mass is 35.5. The van der Waals surface area contributed by atoms with Crippen molar-refractivity contribution in [3.8, 4) is 5.75 Å². The van der Waals surface area contributed by atoms with Crippen molar-refractivity contribution in [3.05, 3.63) is 35.7 Å². The minimum Gasteiger partial charge on any atom is -0.494 e. The summed E-state index contributed by atoms with van der Waals surface area (Å²) in [7, 11) is 5.54. The number of hydrogen-bond donors (Lipinski definition) is 0. The predicted molar refractivity (Wildman–Crippen MR) is 105 cm³/mol. The van der Waals surface area contributed by atoms with Crippen molar-refractivity contribution in [1.29, 1.82) is 0 Å². The fourth-order valence-electron chi connectivity index (χ4n) is 2.38. The molecule has 9 heteroatoms. The maximum Gasteiger partial charge on any atom is 0.282 e. The number of aryl methyl sites for hydroxylation is 1. The Morgan fingerprint density at radius 2 is 2.08 bits per heavy atom. The minimum atomic E-state index is -0.225. The third-order valence-electron chi connectivity index (χ3n) is 3.68. The smallest absolute Gasteiger partial charge is 0.282 e. The molecule has 0 aliphatic heterocycles. The minimum absolute atomic E-state index is 0. The molecule has 0 aliphatic carbocycles. The highest BCUT2D eigenvalue weighted by molar-refractivity contribution is 7.22. The Morgan fingerprint density at radius 3 is 2.69 bits per heavy atom. The number of methoxy groups -OCH3 is 1. The van der Waals surface area contributed by atoms with Crippen LogP contribution in [0.3, 0.4) is 0 Å². The first kappa shape index (κ1) is 20.2. The molecule has 140 valence electrons. The third kappa shape index (κ3) is 4.14. The second kappa shape index (κ2) is 8.48. The van der Waals surface area contributed by atoms with Gasteiger partial charge in [0.15, 0.2) is 10.8 Å². The van der Waals surface area contributed by atoms with Crippen molar-refractivity contribution in [3.63, 3.8) is 0 Å². The van der Waals surface area contributed by atoms with Gasteiger partial charge in [-0.2, -0.15) is 0 Å². The van der Waals surface area contributed by atoms with E-state index in [4.69, 9.17) is 9.26 Å². The van der Waals surface area contributed by atoms with E-state index in [1.807, 2.05) is 37.2 Å². The lowest BCUT2D eigenvalue weighted by atomic mass is 10.3. The molecule has 0 aliphatic rings. The molecule has 0 unspecified atom stereocenters. The molecule has 3 aromatic rings. The normalized spacial score (nSPS) is 10.8. The Kier molecular flexibility index (Phi) is 6.57. The molecule has 2 heterocycles. The van der Waals surface area contributed by atoms with Crippen LogP contribution in [0.4, 0.5) is 5.13 Å². The van der Waals surface area contributed by atoms with Gasteiger partial charge in [0.05, 0.1) is 11.8 Å². The van der Waals surface area contributed by atoms with E-state index in [-0.39, 0.29) is 24.0 Å². The molecule has 0 fully saturated rings. The monoisotopic (exact) mass is 396 g/mol. The van der Waals surface area contributed by atoms with Crippen LogP contribution in [-0.2, 0) is 0 Å². The number of ether oxygens (including phenoxy) is 1. The number of carbonyl (C=O) groups excluding carboxylic acids is 1. The van der Waals surface area contributed by atoms with E-state index in [0.717, 1.165) is 10.2 Å². The first-order valence-corrected chi connectivity index (χ1v) is 8.64. The first-order valence-electron chi connectivity index (χ1n) is 7.83. The average Bonchev–Trinajstić information content (AvgIpc) is 3.20. The SMILES string of the molecule is COc1cccc2sc(N(CCN(C)C)C(=O)c3cc(C)on3)nc12.Cl. The topological polar surface area (TPSA) is 71.7 Å². The number of nitrogens with zero attached hydrogens (tertiary/aromatic N) is 4. The van der Waals surface area contributed by atoms with Gasteiger partial charge in [0.1, 0.15) is 17.0 Å². The maximum atomic E-state index is 12.9. The van der Waals surface area contributed by atoms with Crippen molar-refractivity contribution in [1.82, 2.24) is 15.0 Å². The summed E-state index contributed by atoms with van der Waals surface area (Å²) in [6, 6.07) is 7.38. The Bertz CT molecular complexity index is 893. The predicted octanol–water partition coefficient (Wildman–Crippen LogP) is 3.23. The number of para-hydroxylation sites is 1. The van der Waals surface area contributed by atoms with E-state index < -0.39 is 0 Å². The Morgan fingerprint density at radius 1 is 1.31 bits per heavy atom. The molecule has 2 aromatic heterocycles. The molecule has 0 saturated carbocycles. The lowest BCUT2D eigenvalue weighted by molar-refractivity contribution is 0.0976. The van der Waals surface area contributed by atoms with Crippen LogP contribution < -0.4 is 9.64 Å². The Hall–Kier alpha value is -2.16. The van der Waals surface area contributed by atoms with Gasteiger partial charge in [-0.15, -0.1) is 12.4 Å². The summed E-state index contributed by atoms with van der Waals surface area (Å²) in [5, 5.41) is 4.47. The number of rotatable bonds is 6. The molecule has 0 atom stereocenters. The number of benzene rings is 1. The molecule has 26 heavy (non-hydrogen) atoms. The third-order valence-corrected chi connectivity index (χ3v) is 4.73. The molecule has 1 aromatic carbocycles. The molecular weight excluding hydrogens is 376 g/mol. The fourth-order valence-corrected chi connectivity index (χ4v) is 3.39. The summed E-state index contributed by atoms with van der Waals surface area (Å²) >= 11 is 1.45. The van der Waals surface area contributed by atoms with Crippen LogP contribution in [-0.4, -0.2) is 55.2 Å². The van der Waals surface area contributed by atoms with Crippen LogP contribution >= 0.6 is 23.7 Å². The highest BCUT2D eigenvalue weighted by Crippen LogP contribution is 2.34. The summed E-state index contributed by atoms with van der Waals surface area (Å²) in [5.41, 5.74) is 1.03. The largest absolute Gasteiger partial charge is 0.494 e. The van der Waals surface area contributed by atoms with E-state index in [9.17, 15) is 4.79 Å². The van der Waals surface area contributed by atoms with Gasteiger partial charge in [-0.1, -0.05) is 22.6 Å². The van der Waals surface area contributed by atoms with Crippen molar-refractivity contribution in [2.24, 2.45) is 0 Å². The summed E-state index contributed by atoms with van der Waals surface area (Å²) in [4.78, 5) is 21.2. The van der Waals surface area contributed by atoms with E-state index in [1.165, 1.54) is 11.3 Å². The van der Waals surface area contributed by atoms with Gasteiger partial charge in [0.2, 0.25) is 0 Å². The Balaban J connectivity index is 0.00000243. The molecule has 0 spiro atoms. The molecule has 7 nitrogen and oxygen atoms in total. The lowest BCUT2D eigenvalue weighted by Crippen LogP contribution is -2.36. The second-order valence-corrected chi connectivity index (χ2v) is 6.90. The summed E-state index contributed by atoms with van der Waals surface area (Å²) in [6.07, 6.45) is 0. The van der Waals surface area contributed by atoms with Crippen molar-refractivity contribution >= 4 is 45.0 Å². The van der Waals surface area contributed by atoms with Crippen molar-refractivity contribution in [2.75, 3.05) is 39.2 Å². The molecular formula is C17H21ClN4O3S. The van der Waals surface area contributed by atoms with Gasteiger partial charge in [-0.05, 0) is 33.2 Å². The van der Waals surface area contributed by atoms with Gasteiger partial charge in [0.25, 0.3) is 5.91 Å². The van der Waals surface area contributed by atoms with Gasteiger partial charge in [0, 0.05) is 19.2 Å². The van der Waals surface area contributed by atoms with E-state index >= 15 is 0 Å². The van der Waals surface area contributed by atoms with Crippen molar-refractivity contribution < 1.29 is 14.1 Å². The second-order valence-electron chi connectivity index (χ2n) is 5.89. The highest BCUT2D eigenvalue weighted by Gasteiger charge is 2.24. The van der Waals surface area contributed by atoms with Crippen LogP contribution in [0.5, 0.6) is 5.75 Å². The van der Waals surface area contributed by atoms with E-state index in [0.29, 0.717) is 29.7 Å². The molecule has 1 amide bonds. The fraction of sp³-hybridized carbons (Fsp3) is 0.353. The van der Waals surface area contributed by atoms with Gasteiger partial charge in [-0.3, -0.25) is 9.69 Å². The van der Waals surface area contributed by atoms with Crippen LogP contribution in [0.1, 0.15) is 16.2 Å². The van der Waals surface area contributed by atoms with E-state index in [2.05, 4.69) is 10.1 Å². The number of aromatic nitrogens is 2. The zero-order valence-electron chi connectivity index (χ0n) is 15.1. The van der Waals surface area contributed by atoms with Gasteiger partial charge < -0.3 is 14.2 Å². The number of anilines is 1. The number of carbonyl (C=O) groups is 1. The molecule has 0 bridgehead atoms. The Labute approximate surface area is 161 Å². The van der Waals surface area contributed by atoms with Crippen LogP contribution in [0.2, 0.25) is 0 Å². The number of hydrogen-bond acceptors (Lipinski definition) is 7. The maximum absolute atomic E-state index is 12.9. The quantitative estimate of drug-likeness (QED) is 0.637. The van der Waals surface area contributed by atoms with Gasteiger partial charge in [-0.25, -0.2) is 4.98 Å². The van der Waals surface area contributed by atoms with Crippen LogP contribution in [0, 0.1) is 6.92 Å². The summed E-state index contributed by atoms with van der Waals surface area (Å²) < 4.78 is 11.4. The van der Waals surface area contributed by atoms with Gasteiger partial charge >= 0.3 is 0 Å². The zero-order chi connectivity index (χ0) is 18.0. The first-order chi connectivity index (χ1) is 12.0. The summed E-state index contributed by atoms with van der Waals surface area (Å²) in [5.74, 6) is 1.07. The molecule has 0 saturated heterocycles. The summed E-state index contributed by atoms with van der Waals surface area (Å²) in [6.45, 7) is 2.96. The van der Waals surface area contributed by atoms with Crippen molar-refractivity contribution in [2.45, 2.75) is 6.92 Å². The number of likely N-dealkylation sites (N-methyl/N-ethyl adjacent to an activating group) is 1. The van der Waals surface area contributed by atoms with Crippen LogP contribution in [0.25, 0.3) is 10.2 Å². The molecule has 0 radical (unpaired) electrons. The molecule has 3 rings (SSSR count). The number of halogens is 1. The van der Waals surface area contributed by atoms with Crippen LogP contribution in [0.15, 0.2) is 28.8 Å². The van der Waals surface area contributed by atoms with E-state index in [1.54, 1.807) is 25.0 Å². The lowest BCUT2D eigenvalue weighted by Gasteiger charge is -2.20.